The summed E-state index contributed by atoms with van der Waals surface area (Å²) in [7, 11) is 1.74. The lowest BCUT2D eigenvalue weighted by molar-refractivity contribution is -0.128. The summed E-state index contributed by atoms with van der Waals surface area (Å²) in [4.78, 5) is 25.2. The van der Waals surface area contributed by atoms with Crippen LogP contribution in [-0.2, 0) is 4.79 Å². The number of likely N-dealkylation sites (N-methyl/N-ethyl adjacent to an activating group) is 1. The van der Waals surface area contributed by atoms with Gasteiger partial charge in [0.15, 0.2) is 0 Å². The fourth-order valence-corrected chi connectivity index (χ4v) is 2.07. The highest BCUT2D eigenvalue weighted by Gasteiger charge is 2.11. The molecular formula is C13H17BrN2O2S. The molecule has 0 aromatic heterocycles. The molecule has 0 saturated carbocycles. The van der Waals surface area contributed by atoms with Crippen molar-refractivity contribution in [3.05, 3.63) is 34.3 Å². The van der Waals surface area contributed by atoms with E-state index in [0.717, 1.165) is 10.2 Å². The summed E-state index contributed by atoms with van der Waals surface area (Å²) in [6.45, 7) is 0.716. The second-order valence-corrected chi connectivity index (χ2v) is 5.90. The molecule has 4 nitrogen and oxygen atoms in total. The molecule has 6 heteroatoms. The normalized spacial score (nSPS) is 10.1. The molecule has 0 aliphatic rings. The number of carbonyl (C=O) groups excluding carboxylic acids is 2. The number of thioether (sulfide) groups is 1. The Bertz CT molecular complexity index is 437. The molecule has 19 heavy (non-hydrogen) atoms. The molecule has 0 radical (unpaired) electrons. The number of hydrogen-bond donors (Lipinski definition) is 1. The summed E-state index contributed by atoms with van der Waals surface area (Å²) in [5.74, 6) is 0.571. The number of amides is 2. The molecule has 1 rings (SSSR count). The molecule has 1 N–H and O–H groups in total. The molecule has 0 saturated heterocycles. The summed E-state index contributed by atoms with van der Waals surface area (Å²) in [6, 6.07) is 7.01. The van der Waals surface area contributed by atoms with Crippen molar-refractivity contribution in [1.82, 2.24) is 10.2 Å². The lowest BCUT2D eigenvalue weighted by Gasteiger charge is -2.16. The van der Waals surface area contributed by atoms with Crippen molar-refractivity contribution in [3.63, 3.8) is 0 Å². The molecule has 0 fully saturated rings. The van der Waals surface area contributed by atoms with Crippen molar-refractivity contribution in [3.8, 4) is 0 Å². The summed E-state index contributed by atoms with van der Waals surface area (Å²) in [5.41, 5.74) is 0.544. The van der Waals surface area contributed by atoms with Gasteiger partial charge >= 0.3 is 0 Å². The van der Waals surface area contributed by atoms with Crippen molar-refractivity contribution in [2.24, 2.45) is 0 Å². The van der Waals surface area contributed by atoms with E-state index in [1.807, 2.05) is 6.26 Å². The van der Waals surface area contributed by atoms with Gasteiger partial charge in [0.2, 0.25) is 5.91 Å². The van der Waals surface area contributed by atoms with Gasteiger partial charge in [-0.25, -0.2) is 0 Å². The summed E-state index contributed by atoms with van der Waals surface area (Å²) < 4.78 is 0.914. The SMILES string of the molecule is CSCCN(C)C(=O)CNC(=O)c1ccc(Br)cc1. The van der Waals surface area contributed by atoms with Crippen molar-refractivity contribution >= 4 is 39.5 Å². The quantitative estimate of drug-likeness (QED) is 0.858. The highest BCUT2D eigenvalue weighted by Crippen LogP contribution is 2.10. The van der Waals surface area contributed by atoms with E-state index < -0.39 is 0 Å². The van der Waals surface area contributed by atoms with Gasteiger partial charge in [0.1, 0.15) is 0 Å². The van der Waals surface area contributed by atoms with Gasteiger partial charge < -0.3 is 10.2 Å². The number of benzene rings is 1. The molecular weight excluding hydrogens is 328 g/mol. The Morgan fingerprint density at radius 2 is 1.95 bits per heavy atom. The van der Waals surface area contributed by atoms with Crippen LogP contribution in [0.15, 0.2) is 28.7 Å². The summed E-state index contributed by atoms with van der Waals surface area (Å²) in [5, 5.41) is 2.62. The van der Waals surface area contributed by atoms with Crippen LogP contribution in [0.2, 0.25) is 0 Å². The number of nitrogens with one attached hydrogen (secondary N) is 1. The van der Waals surface area contributed by atoms with Crippen LogP contribution in [0.3, 0.4) is 0 Å². The van der Waals surface area contributed by atoms with Crippen molar-refractivity contribution in [2.75, 3.05) is 32.1 Å². The highest BCUT2D eigenvalue weighted by molar-refractivity contribution is 9.10. The van der Waals surface area contributed by atoms with Gasteiger partial charge in [0.25, 0.3) is 5.91 Å². The van der Waals surface area contributed by atoms with Crippen LogP contribution in [0.1, 0.15) is 10.4 Å². The van der Waals surface area contributed by atoms with E-state index in [4.69, 9.17) is 0 Å². The number of carbonyl (C=O) groups is 2. The highest BCUT2D eigenvalue weighted by atomic mass is 79.9. The van der Waals surface area contributed by atoms with Crippen LogP contribution < -0.4 is 5.32 Å². The van der Waals surface area contributed by atoms with Crippen LogP contribution in [0, 0.1) is 0 Å². The minimum absolute atomic E-state index is 0.0276. The molecule has 0 heterocycles. The minimum atomic E-state index is -0.237. The molecule has 1 aromatic rings. The number of nitrogens with zero attached hydrogens (tertiary/aromatic N) is 1. The molecule has 0 bridgehead atoms. The molecule has 1 aromatic carbocycles. The maximum Gasteiger partial charge on any atom is 0.251 e. The molecule has 0 spiro atoms. The zero-order valence-corrected chi connectivity index (χ0v) is 13.4. The topological polar surface area (TPSA) is 49.4 Å². The first-order valence-electron chi connectivity index (χ1n) is 5.81. The van der Waals surface area contributed by atoms with E-state index in [9.17, 15) is 9.59 Å². The monoisotopic (exact) mass is 344 g/mol. The second kappa shape index (κ2) is 8.22. The van der Waals surface area contributed by atoms with Gasteiger partial charge in [-0.2, -0.15) is 11.8 Å². The van der Waals surface area contributed by atoms with Crippen LogP contribution >= 0.6 is 27.7 Å². The van der Waals surface area contributed by atoms with Gasteiger partial charge in [0.05, 0.1) is 6.54 Å². The summed E-state index contributed by atoms with van der Waals surface area (Å²) in [6.07, 6.45) is 1.99. The van der Waals surface area contributed by atoms with Crippen molar-refractivity contribution in [1.29, 1.82) is 0 Å². The standard InChI is InChI=1S/C13H17BrN2O2S/c1-16(7-8-19-2)12(17)9-15-13(18)10-3-5-11(14)6-4-10/h3-6H,7-9H2,1-2H3,(H,15,18). The van der Waals surface area contributed by atoms with E-state index in [1.54, 1.807) is 48.0 Å². The predicted octanol–water partition coefficient (Wildman–Crippen LogP) is 2.00. The molecule has 0 aliphatic carbocycles. The molecule has 0 aliphatic heterocycles. The third kappa shape index (κ3) is 5.65. The fourth-order valence-electron chi connectivity index (χ4n) is 1.35. The van der Waals surface area contributed by atoms with Crippen molar-refractivity contribution < 1.29 is 9.59 Å². The third-order valence-electron chi connectivity index (χ3n) is 2.56. The van der Waals surface area contributed by atoms with Gasteiger partial charge in [-0.05, 0) is 30.5 Å². The Morgan fingerprint density at radius 3 is 2.53 bits per heavy atom. The Balaban J connectivity index is 2.41. The van der Waals surface area contributed by atoms with Gasteiger partial charge in [-0.1, -0.05) is 15.9 Å². The van der Waals surface area contributed by atoms with E-state index in [-0.39, 0.29) is 18.4 Å². The third-order valence-corrected chi connectivity index (χ3v) is 3.68. The lowest BCUT2D eigenvalue weighted by atomic mass is 10.2. The van der Waals surface area contributed by atoms with E-state index in [1.165, 1.54) is 0 Å². The molecule has 0 atom stereocenters. The number of rotatable bonds is 6. The van der Waals surface area contributed by atoms with E-state index >= 15 is 0 Å². The Hall–Kier alpha value is -1.01. The largest absolute Gasteiger partial charge is 0.343 e. The molecule has 104 valence electrons. The first-order chi connectivity index (χ1) is 9.04. The Kier molecular flexibility index (Phi) is 6.94. The lowest BCUT2D eigenvalue weighted by Crippen LogP contribution is -2.39. The zero-order valence-electron chi connectivity index (χ0n) is 11.0. The molecule has 0 unspecified atom stereocenters. The van der Waals surface area contributed by atoms with Gasteiger partial charge in [-0.3, -0.25) is 9.59 Å². The first kappa shape index (κ1) is 16.0. The van der Waals surface area contributed by atoms with Crippen LogP contribution in [0.5, 0.6) is 0 Å². The average Bonchev–Trinajstić information content (AvgIpc) is 2.42. The maximum absolute atomic E-state index is 11.8. The fraction of sp³-hybridized carbons (Fsp3) is 0.385. The maximum atomic E-state index is 11.8. The Labute approximate surface area is 126 Å². The summed E-state index contributed by atoms with van der Waals surface area (Å²) >= 11 is 4.99. The van der Waals surface area contributed by atoms with Crippen molar-refractivity contribution in [2.45, 2.75) is 0 Å². The van der Waals surface area contributed by atoms with Crippen LogP contribution in [0.4, 0.5) is 0 Å². The Morgan fingerprint density at radius 1 is 1.32 bits per heavy atom. The molecule has 2 amide bonds. The van der Waals surface area contributed by atoms with Crippen LogP contribution in [0.25, 0.3) is 0 Å². The zero-order chi connectivity index (χ0) is 14.3. The minimum Gasteiger partial charge on any atom is -0.343 e. The van der Waals surface area contributed by atoms with Crippen LogP contribution in [-0.4, -0.2) is 48.9 Å². The van der Waals surface area contributed by atoms with Gasteiger partial charge in [0, 0.05) is 29.4 Å². The van der Waals surface area contributed by atoms with E-state index in [2.05, 4.69) is 21.2 Å². The van der Waals surface area contributed by atoms with Gasteiger partial charge in [-0.15, -0.1) is 0 Å². The number of hydrogen-bond acceptors (Lipinski definition) is 3. The smallest absolute Gasteiger partial charge is 0.251 e. The second-order valence-electron chi connectivity index (χ2n) is 4.00. The predicted molar refractivity (Wildman–Crippen MR) is 82.5 cm³/mol. The van der Waals surface area contributed by atoms with E-state index in [0.29, 0.717) is 12.1 Å². The number of halogens is 1. The average molecular weight is 345 g/mol. The first-order valence-corrected chi connectivity index (χ1v) is 8.00.